The van der Waals surface area contributed by atoms with E-state index in [2.05, 4.69) is 24.3 Å². The first-order chi connectivity index (χ1) is 11.8. The summed E-state index contributed by atoms with van der Waals surface area (Å²) in [4.78, 5) is 14.4. The van der Waals surface area contributed by atoms with Gasteiger partial charge in [0.25, 0.3) is 0 Å². The fourth-order valence-corrected chi connectivity index (χ4v) is 3.19. The molecule has 1 fully saturated rings. The molecule has 0 bridgehead atoms. The van der Waals surface area contributed by atoms with Crippen molar-refractivity contribution < 1.29 is 9.53 Å². The van der Waals surface area contributed by atoms with Crippen LogP contribution in [0.2, 0.25) is 0 Å². The van der Waals surface area contributed by atoms with Crippen LogP contribution in [0.1, 0.15) is 24.0 Å². The van der Waals surface area contributed by atoms with E-state index >= 15 is 0 Å². The number of rotatable bonds is 6. The fraction of sp³-hybridized carbons (Fsp3) is 0.381. The predicted molar refractivity (Wildman–Crippen MR) is 95.8 cm³/mol. The Kier molecular flexibility index (Phi) is 6.02. The van der Waals surface area contributed by atoms with E-state index in [4.69, 9.17) is 4.74 Å². The van der Waals surface area contributed by atoms with E-state index in [0.717, 1.165) is 25.8 Å². The minimum absolute atomic E-state index is 0.110. The molecular weight excluding hydrogens is 298 g/mol. The molecular formula is C21H25NO2. The molecule has 24 heavy (non-hydrogen) atoms. The molecule has 3 rings (SSSR count). The summed E-state index contributed by atoms with van der Waals surface area (Å²) < 4.78 is 5.84. The standard InChI is InChI=1S/C21H25NO2/c23-21(13-7-12-18-8-3-1-4-9-18)22-14-15-24-20(17-22)16-19-10-5-2-6-11-19/h1-6,8-11,20H,7,12-17H2. The lowest BCUT2D eigenvalue weighted by Crippen LogP contribution is -2.46. The summed E-state index contributed by atoms with van der Waals surface area (Å²) in [6.45, 7) is 2.07. The van der Waals surface area contributed by atoms with Gasteiger partial charge in [-0.1, -0.05) is 60.7 Å². The van der Waals surface area contributed by atoms with Crippen molar-refractivity contribution in [1.29, 1.82) is 0 Å². The lowest BCUT2D eigenvalue weighted by atomic mass is 10.1. The zero-order chi connectivity index (χ0) is 16.6. The molecule has 3 nitrogen and oxygen atoms in total. The molecule has 0 radical (unpaired) electrons. The van der Waals surface area contributed by atoms with Crippen LogP contribution in [0, 0.1) is 0 Å². The molecule has 0 saturated carbocycles. The van der Waals surface area contributed by atoms with Gasteiger partial charge in [-0.15, -0.1) is 0 Å². The van der Waals surface area contributed by atoms with Crippen molar-refractivity contribution >= 4 is 5.91 Å². The molecule has 1 aliphatic heterocycles. The van der Waals surface area contributed by atoms with E-state index in [1.807, 2.05) is 41.3 Å². The van der Waals surface area contributed by atoms with Gasteiger partial charge in [-0.05, 0) is 24.0 Å². The third-order valence-corrected chi connectivity index (χ3v) is 4.50. The number of ether oxygens (including phenoxy) is 1. The largest absolute Gasteiger partial charge is 0.374 e. The zero-order valence-corrected chi connectivity index (χ0v) is 14.1. The Bertz CT molecular complexity index is 627. The molecule has 1 saturated heterocycles. The van der Waals surface area contributed by atoms with Gasteiger partial charge in [0.2, 0.25) is 5.91 Å². The molecule has 0 N–H and O–H groups in total. The van der Waals surface area contributed by atoms with Gasteiger partial charge in [0, 0.05) is 25.9 Å². The van der Waals surface area contributed by atoms with Gasteiger partial charge < -0.3 is 9.64 Å². The summed E-state index contributed by atoms with van der Waals surface area (Å²) >= 11 is 0. The number of aryl methyl sites for hydroxylation is 1. The molecule has 1 aliphatic rings. The van der Waals surface area contributed by atoms with E-state index in [1.165, 1.54) is 11.1 Å². The van der Waals surface area contributed by atoms with Crippen LogP contribution in [0.3, 0.4) is 0 Å². The van der Waals surface area contributed by atoms with Gasteiger partial charge in [-0.2, -0.15) is 0 Å². The second-order valence-electron chi connectivity index (χ2n) is 6.36. The van der Waals surface area contributed by atoms with Gasteiger partial charge in [0.05, 0.1) is 12.7 Å². The summed E-state index contributed by atoms with van der Waals surface area (Å²) in [5, 5.41) is 0. The Morgan fingerprint density at radius 3 is 2.38 bits per heavy atom. The van der Waals surface area contributed by atoms with Crippen molar-refractivity contribution in [1.82, 2.24) is 4.90 Å². The summed E-state index contributed by atoms with van der Waals surface area (Å²) in [6, 6.07) is 20.7. The highest BCUT2D eigenvalue weighted by Crippen LogP contribution is 2.14. The molecule has 3 heteroatoms. The Morgan fingerprint density at radius 2 is 1.67 bits per heavy atom. The summed E-state index contributed by atoms with van der Waals surface area (Å²) in [7, 11) is 0. The SMILES string of the molecule is O=C(CCCc1ccccc1)N1CCOC(Cc2ccccc2)C1. The van der Waals surface area contributed by atoms with Gasteiger partial charge in [-0.25, -0.2) is 0 Å². The first-order valence-electron chi connectivity index (χ1n) is 8.78. The number of nitrogens with zero attached hydrogens (tertiary/aromatic N) is 1. The van der Waals surface area contributed by atoms with E-state index in [9.17, 15) is 4.79 Å². The van der Waals surface area contributed by atoms with Crippen molar-refractivity contribution in [3.8, 4) is 0 Å². The second-order valence-corrected chi connectivity index (χ2v) is 6.36. The smallest absolute Gasteiger partial charge is 0.222 e. The first kappa shape index (κ1) is 16.7. The highest BCUT2D eigenvalue weighted by Gasteiger charge is 2.23. The third kappa shape index (κ3) is 4.93. The first-order valence-corrected chi connectivity index (χ1v) is 8.78. The van der Waals surface area contributed by atoms with Gasteiger partial charge in [-0.3, -0.25) is 4.79 Å². The van der Waals surface area contributed by atoms with Crippen molar-refractivity contribution in [3.05, 3.63) is 71.8 Å². The summed E-state index contributed by atoms with van der Waals surface area (Å²) in [5.74, 6) is 0.257. The quantitative estimate of drug-likeness (QED) is 0.814. The predicted octanol–water partition coefficient (Wildman–Crippen LogP) is 3.48. The number of benzene rings is 2. The van der Waals surface area contributed by atoms with Crippen molar-refractivity contribution in [2.24, 2.45) is 0 Å². The maximum Gasteiger partial charge on any atom is 0.222 e. The molecule has 1 amide bonds. The molecule has 1 atom stereocenters. The monoisotopic (exact) mass is 323 g/mol. The Hall–Kier alpha value is -2.13. The summed E-state index contributed by atoms with van der Waals surface area (Å²) in [5.41, 5.74) is 2.56. The van der Waals surface area contributed by atoms with Crippen LogP contribution < -0.4 is 0 Å². The molecule has 1 heterocycles. The number of carbonyl (C=O) groups is 1. The Labute approximate surface area is 144 Å². The van der Waals surface area contributed by atoms with Crippen LogP contribution in [0.25, 0.3) is 0 Å². The average molecular weight is 323 g/mol. The number of hydrogen-bond donors (Lipinski definition) is 0. The van der Waals surface area contributed by atoms with Crippen LogP contribution in [0.5, 0.6) is 0 Å². The maximum atomic E-state index is 12.5. The molecule has 2 aromatic carbocycles. The molecule has 126 valence electrons. The van der Waals surface area contributed by atoms with Crippen LogP contribution in [0.4, 0.5) is 0 Å². The number of hydrogen-bond acceptors (Lipinski definition) is 2. The number of morpholine rings is 1. The minimum atomic E-state index is 0.110. The molecule has 0 aromatic heterocycles. The van der Waals surface area contributed by atoms with Gasteiger partial charge >= 0.3 is 0 Å². The van der Waals surface area contributed by atoms with E-state index in [1.54, 1.807) is 0 Å². The van der Waals surface area contributed by atoms with Crippen molar-refractivity contribution in [2.75, 3.05) is 19.7 Å². The van der Waals surface area contributed by atoms with Crippen LogP contribution in [-0.4, -0.2) is 36.6 Å². The van der Waals surface area contributed by atoms with Crippen molar-refractivity contribution in [3.63, 3.8) is 0 Å². The van der Waals surface area contributed by atoms with Gasteiger partial charge in [0.15, 0.2) is 0 Å². The fourth-order valence-electron chi connectivity index (χ4n) is 3.19. The van der Waals surface area contributed by atoms with Crippen LogP contribution >= 0.6 is 0 Å². The topological polar surface area (TPSA) is 29.5 Å². The lowest BCUT2D eigenvalue weighted by molar-refractivity contribution is -0.138. The van der Waals surface area contributed by atoms with Gasteiger partial charge in [0.1, 0.15) is 0 Å². The molecule has 0 spiro atoms. The van der Waals surface area contributed by atoms with E-state index in [0.29, 0.717) is 19.6 Å². The average Bonchev–Trinajstić information content (AvgIpc) is 2.64. The molecule has 2 aromatic rings. The maximum absolute atomic E-state index is 12.5. The molecule has 1 unspecified atom stereocenters. The van der Waals surface area contributed by atoms with E-state index in [-0.39, 0.29) is 12.0 Å². The summed E-state index contributed by atoms with van der Waals surface area (Å²) in [6.07, 6.45) is 3.47. The Balaban J connectivity index is 1.44. The second kappa shape index (κ2) is 8.65. The zero-order valence-electron chi connectivity index (χ0n) is 14.1. The van der Waals surface area contributed by atoms with Crippen LogP contribution in [-0.2, 0) is 22.4 Å². The van der Waals surface area contributed by atoms with Crippen molar-refractivity contribution in [2.45, 2.75) is 31.8 Å². The normalized spacial score (nSPS) is 17.7. The lowest BCUT2D eigenvalue weighted by Gasteiger charge is -2.33. The number of amides is 1. The number of carbonyl (C=O) groups excluding carboxylic acids is 1. The van der Waals surface area contributed by atoms with E-state index < -0.39 is 0 Å². The molecule has 0 aliphatic carbocycles. The highest BCUT2D eigenvalue weighted by atomic mass is 16.5. The highest BCUT2D eigenvalue weighted by molar-refractivity contribution is 5.76. The third-order valence-electron chi connectivity index (χ3n) is 4.50. The van der Waals surface area contributed by atoms with Crippen LogP contribution in [0.15, 0.2) is 60.7 Å². The Morgan fingerprint density at radius 1 is 1.00 bits per heavy atom. The minimum Gasteiger partial charge on any atom is -0.374 e.